The van der Waals surface area contributed by atoms with E-state index >= 15 is 0 Å². The zero-order chi connectivity index (χ0) is 14.5. The van der Waals surface area contributed by atoms with E-state index in [9.17, 15) is 8.42 Å². The molecule has 114 valence electrons. The molecule has 0 saturated heterocycles. The van der Waals surface area contributed by atoms with Gasteiger partial charge in [-0.15, -0.1) is 24.0 Å². The third-order valence-electron chi connectivity index (χ3n) is 2.38. The van der Waals surface area contributed by atoms with E-state index in [1.807, 2.05) is 0 Å². The van der Waals surface area contributed by atoms with Crippen molar-refractivity contribution < 1.29 is 8.42 Å². The van der Waals surface area contributed by atoms with Gasteiger partial charge in [-0.2, -0.15) is 0 Å². The van der Waals surface area contributed by atoms with Crippen molar-refractivity contribution in [1.29, 1.82) is 0 Å². The van der Waals surface area contributed by atoms with Crippen molar-refractivity contribution in [2.45, 2.75) is 25.3 Å². The van der Waals surface area contributed by atoms with Crippen LogP contribution in [-0.4, -0.2) is 20.9 Å². The number of halogens is 1. The Hall–Kier alpha value is -0.870. The Labute approximate surface area is 137 Å². The Morgan fingerprint density at radius 1 is 1.30 bits per heavy atom. The van der Waals surface area contributed by atoms with E-state index in [4.69, 9.17) is 10.9 Å². The van der Waals surface area contributed by atoms with Crippen molar-refractivity contribution in [2.75, 3.05) is 6.54 Å². The fourth-order valence-corrected chi connectivity index (χ4v) is 1.84. The van der Waals surface area contributed by atoms with E-state index in [0.29, 0.717) is 18.4 Å². The number of nitrogens with two attached hydrogens (primary N) is 2. The van der Waals surface area contributed by atoms with Crippen LogP contribution in [0.25, 0.3) is 0 Å². The normalized spacial score (nSPS) is 12.1. The molecule has 5 N–H and O–H groups in total. The molecule has 0 spiro atoms. The molecule has 0 unspecified atom stereocenters. The van der Waals surface area contributed by atoms with Crippen LogP contribution in [0.5, 0.6) is 0 Å². The summed E-state index contributed by atoms with van der Waals surface area (Å²) in [6, 6.07) is 6.24. The smallest absolute Gasteiger partial charge is 0.238 e. The SMILES string of the molecule is CC(C)CNC(N)=NCc1ccc(S(N)(=O)=O)cc1.I. The third-order valence-corrected chi connectivity index (χ3v) is 3.30. The molecule has 0 amide bonds. The molecule has 1 aromatic carbocycles. The zero-order valence-electron chi connectivity index (χ0n) is 11.5. The monoisotopic (exact) mass is 412 g/mol. The number of nitrogens with zero attached hydrogens (tertiary/aromatic N) is 1. The molecule has 0 radical (unpaired) electrons. The zero-order valence-corrected chi connectivity index (χ0v) is 14.7. The van der Waals surface area contributed by atoms with Gasteiger partial charge >= 0.3 is 0 Å². The van der Waals surface area contributed by atoms with E-state index in [-0.39, 0.29) is 28.9 Å². The first-order valence-electron chi connectivity index (χ1n) is 5.94. The van der Waals surface area contributed by atoms with Gasteiger partial charge in [0.1, 0.15) is 0 Å². The van der Waals surface area contributed by atoms with Gasteiger partial charge in [0, 0.05) is 6.54 Å². The summed E-state index contributed by atoms with van der Waals surface area (Å²) in [6.45, 7) is 5.31. The van der Waals surface area contributed by atoms with Gasteiger partial charge in [-0.3, -0.25) is 0 Å². The number of hydrogen-bond acceptors (Lipinski definition) is 3. The van der Waals surface area contributed by atoms with E-state index in [0.717, 1.165) is 12.1 Å². The molecule has 8 heteroatoms. The summed E-state index contributed by atoms with van der Waals surface area (Å²) in [5.41, 5.74) is 6.55. The van der Waals surface area contributed by atoms with Crippen LogP contribution in [0, 0.1) is 5.92 Å². The van der Waals surface area contributed by atoms with Gasteiger partial charge in [0.05, 0.1) is 11.4 Å². The van der Waals surface area contributed by atoms with E-state index in [1.165, 1.54) is 12.1 Å². The van der Waals surface area contributed by atoms with Gasteiger partial charge in [0.15, 0.2) is 5.96 Å². The largest absolute Gasteiger partial charge is 0.370 e. The summed E-state index contributed by atoms with van der Waals surface area (Å²) in [6.07, 6.45) is 0. The highest BCUT2D eigenvalue weighted by molar-refractivity contribution is 14.0. The molecule has 6 nitrogen and oxygen atoms in total. The first-order chi connectivity index (χ1) is 8.79. The van der Waals surface area contributed by atoms with Crippen LogP contribution in [0.2, 0.25) is 0 Å². The Morgan fingerprint density at radius 2 is 1.85 bits per heavy atom. The molecule has 1 aromatic rings. The maximum Gasteiger partial charge on any atom is 0.238 e. The van der Waals surface area contributed by atoms with Crippen molar-refractivity contribution in [3.05, 3.63) is 29.8 Å². The average Bonchev–Trinajstić information content (AvgIpc) is 2.33. The molecule has 0 aliphatic rings. The van der Waals surface area contributed by atoms with E-state index in [2.05, 4.69) is 24.2 Å². The second-order valence-corrected chi connectivity index (χ2v) is 6.23. The Bertz CT molecular complexity index is 541. The number of benzene rings is 1. The van der Waals surface area contributed by atoms with Gasteiger partial charge in [-0.05, 0) is 23.6 Å². The second-order valence-electron chi connectivity index (χ2n) is 4.67. The highest BCUT2D eigenvalue weighted by Gasteiger charge is 2.06. The molecular formula is C12H21IN4O2S. The lowest BCUT2D eigenvalue weighted by molar-refractivity contribution is 0.598. The van der Waals surface area contributed by atoms with Crippen molar-refractivity contribution in [1.82, 2.24) is 5.32 Å². The van der Waals surface area contributed by atoms with E-state index in [1.54, 1.807) is 12.1 Å². The fraction of sp³-hybridized carbons (Fsp3) is 0.417. The predicted octanol–water partition coefficient (Wildman–Crippen LogP) is 1.01. The van der Waals surface area contributed by atoms with Crippen LogP contribution in [-0.2, 0) is 16.6 Å². The lowest BCUT2D eigenvalue weighted by atomic mass is 10.2. The molecule has 1 rings (SSSR count). The van der Waals surface area contributed by atoms with Crippen LogP contribution < -0.4 is 16.2 Å². The summed E-state index contributed by atoms with van der Waals surface area (Å²) in [7, 11) is -3.64. The Kier molecular flexibility index (Phi) is 8.06. The average molecular weight is 412 g/mol. The van der Waals surface area contributed by atoms with Crippen LogP contribution in [0.3, 0.4) is 0 Å². The molecule has 0 saturated carbocycles. The second kappa shape index (κ2) is 8.42. The van der Waals surface area contributed by atoms with Gasteiger partial charge < -0.3 is 11.1 Å². The Morgan fingerprint density at radius 3 is 2.30 bits per heavy atom. The van der Waals surface area contributed by atoms with Crippen LogP contribution in [0.1, 0.15) is 19.4 Å². The van der Waals surface area contributed by atoms with E-state index < -0.39 is 10.0 Å². The number of aliphatic imine (C=N–C) groups is 1. The minimum atomic E-state index is -3.64. The number of sulfonamides is 1. The molecule has 0 aliphatic heterocycles. The van der Waals surface area contributed by atoms with Gasteiger partial charge in [0.2, 0.25) is 10.0 Å². The van der Waals surface area contributed by atoms with Crippen LogP contribution >= 0.6 is 24.0 Å². The summed E-state index contributed by atoms with van der Waals surface area (Å²) in [5.74, 6) is 0.868. The Balaban J connectivity index is 0.00000361. The molecule has 0 heterocycles. The highest BCUT2D eigenvalue weighted by atomic mass is 127. The predicted molar refractivity (Wildman–Crippen MR) is 91.4 cm³/mol. The number of hydrogen-bond donors (Lipinski definition) is 3. The highest BCUT2D eigenvalue weighted by Crippen LogP contribution is 2.09. The van der Waals surface area contributed by atoms with Crippen LogP contribution in [0.15, 0.2) is 34.2 Å². The summed E-state index contributed by atoms with van der Waals surface area (Å²) < 4.78 is 22.2. The topological polar surface area (TPSA) is 111 Å². The molecular weight excluding hydrogens is 391 g/mol. The first-order valence-corrected chi connectivity index (χ1v) is 7.49. The number of primary sulfonamides is 1. The maximum absolute atomic E-state index is 11.1. The molecule has 0 atom stereocenters. The molecule has 0 aromatic heterocycles. The number of rotatable bonds is 5. The van der Waals surface area contributed by atoms with Crippen molar-refractivity contribution in [3.8, 4) is 0 Å². The lowest BCUT2D eigenvalue weighted by Crippen LogP contribution is -2.34. The lowest BCUT2D eigenvalue weighted by Gasteiger charge is -2.07. The maximum atomic E-state index is 11.1. The van der Waals surface area contributed by atoms with Gasteiger partial charge in [0.25, 0.3) is 0 Å². The standard InChI is InChI=1S/C12H20N4O2S.HI/c1-9(2)7-15-12(13)16-8-10-3-5-11(6-4-10)19(14,17)18;/h3-6,9H,7-8H2,1-2H3,(H3,13,15,16)(H2,14,17,18);1H. The number of guanidine groups is 1. The van der Waals surface area contributed by atoms with Gasteiger partial charge in [-0.1, -0.05) is 26.0 Å². The van der Waals surface area contributed by atoms with Crippen molar-refractivity contribution in [3.63, 3.8) is 0 Å². The first kappa shape index (κ1) is 19.1. The minimum absolute atomic E-state index is 0. The summed E-state index contributed by atoms with van der Waals surface area (Å²) in [5, 5.41) is 8.01. The third kappa shape index (κ3) is 7.06. The molecule has 0 bridgehead atoms. The number of nitrogens with one attached hydrogen (secondary N) is 1. The van der Waals surface area contributed by atoms with Gasteiger partial charge in [-0.25, -0.2) is 18.5 Å². The quantitative estimate of drug-likeness (QED) is 0.381. The van der Waals surface area contributed by atoms with Crippen molar-refractivity contribution in [2.24, 2.45) is 21.8 Å². The fourth-order valence-electron chi connectivity index (χ4n) is 1.33. The minimum Gasteiger partial charge on any atom is -0.370 e. The molecule has 0 fully saturated rings. The van der Waals surface area contributed by atoms with Crippen molar-refractivity contribution >= 4 is 40.0 Å². The van der Waals surface area contributed by atoms with Crippen LogP contribution in [0.4, 0.5) is 0 Å². The summed E-state index contributed by atoms with van der Waals surface area (Å²) >= 11 is 0. The molecule has 0 aliphatic carbocycles. The molecule has 20 heavy (non-hydrogen) atoms. The summed E-state index contributed by atoms with van der Waals surface area (Å²) in [4.78, 5) is 4.25.